The molecule has 0 amide bonds. The van der Waals surface area contributed by atoms with Crippen LogP contribution in [0.25, 0.3) is 5.69 Å². The van der Waals surface area contributed by atoms with Crippen molar-refractivity contribution in [2.45, 2.75) is 6.92 Å². The minimum atomic E-state index is -0.451. The lowest BCUT2D eigenvalue weighted by Gasteiger charge is -2.07. The zero-order valence-corrected chi connectivity index (χ0v) is 11.1. The van der Waals surface area contributed by atoms with Crippen LogP contribution in [-0.4, -0.2) is 16.4 Å². The first-order valence-electron chi connectivity index (χ1n) is 5.30. The predicted octanol–water partition coefficient (Wildman–Crippen LogP) is 2.94. The minimum absolute atomic E-state index is 0.0412. The van der Waals surface area contributed by atoms with Gasteiger partial charge in [0.25, 0.3) is 5.56 Å². The monoisotopic (exact) mass is 284 g/mol. The van der Waals surface area contributed by atoms with Gasteiger partial charge in [-0.05, 0) is 31.2 Å². The van der Waals surface area contributed by atoms with E-state index >= 15 is 0 Å². The average Bonchev–Trinajstić information content (AvgIpc) is 2.38. The van der Waals surface area contributed by atoms with Crippen LogP contribution in [0, 0.1) is 0 Å². The van der Waals surface area contributed by atoms with Crippen molar-refractivity contribution in [2.24, 2.45) is 0 Å². The summed E-state index contributed by atoms with van der Waals surface area (Å²) in [6.45, 7) is 2.49. The highest BCUT2D eigenvalue weighted by atomic mass is 35.5. The summed E-state index contributed by atoms with van der Waals surface area (Å²) in [5.74, 6) is 0.731. The van der Waals surface area contributed by atoms with Crippen LogP contribution in [0.3, 0.4) is 0 Å². The molecule has 4 nitrogen and oxygen atoms in total. The molecule has 0 radical (unpaired) electrons. The fourth-order valence-corrected chi connectivity index (χ4v) is 1.70. The average molecular weight is 285 g/mol. The van der Waals surface area contributed by atoms with Gasteiger partial charge in [0.05, 0.1) is 23.5 Å². The molecule has 0 aliphatic heterocycles. The number of rotatable bonds is 3. The van der Waals surface area contributed by atoms with Crippen molar-refractivity contribution in [1.82, 2.24) is 9.78 Å². The standard InChI is InChI=1S/C12H10Cl2N2O2/c1-2-18-9-5-3-8(4-6-9)16-12(17)11(14)10(13)7-15-16/h3-7H,2H2,1H3. The Morgan fingerprint density at radius 1 is 1.28 bits per heavy atom. The Morgan fingerprint density at radius 3 is 2.56 bits per heavy atom. The molecule has 0 aliphatic carbocycles. The molecule has 2 aromatic rings. The highest BCUT2D eigenvalue weighted by Crippen LogP contribution is 2.17. The molecule has 6 heteroatoms. The largest absolute Gasteiger partial charge is 0.494 e. The van der Waals surface area contributed by atoms with E-state index in [1.807, 2.05) is 6.92 Å². The lowest BCUT2D eigenvalue weighted by atomic mass is 10.3. The molecule has 0 unspecified atom stereocenters. The van der Waals surface area contributed by atoms with Gasteiger partial charge in [-0.15, -0.1) is 0 Å². The van der Waals surface area contributed by atoms with Crippen molar-refractivity contribution < 1.29 is 4.74 Å². The SMILES string of the molecule is CCOc1ccc(-n2ncc(Cl)c(Cl)c2=O)cc1. The van der Waals surface area contributed by atoms with E-state index in [0.29, 0.717) is 12.3 Å². The Bertz CT molecular complexity index is 608. The van der Waals surface area contributed by atoms with Gasteiger partial charge in [-0.2, -0.15) is 9.78 Å². The number of ether oxygens (including phenoxy) is 1. The lowest BCUT2D eigenvalue weighted by Crippen LogP contribution is -2.21. The molecule has 2 rings (SSSR count). The fraction of sp³-hybridized carbons (Fsp3) is 0.167. The van der Waals surface area contributed by atoms with E-state index in [1.54, 1.807) is 24.3 Å². The number of halogens is 2. The molecule has 0 saturated carbocycles. The van der Waals surface area contributed by atoms with Gasteiger partial charge in [0, 0.05) is 0 Å². The molecule has 18 heavy (non-hydrogen) atoms. The first-order chi connectivity index (χ1) is 8.63. The third-order valence-corrected chi connectivity index (χ3v) is 3.02. The molecule has 1 heterocycles. The van der Waals surface area contributed by atoms with Crippen molar-refractivity contribution in [3.8, 4) is 11.4 Å². The van der Waals surface area contributed by atoms with E-state index in [9.17, 15) is 4.79 Å². The third kappa shape index (κ3) is 2.49. The normalized spacial score (nSPS) is 10.4. The first-order valence-corrected chi connectivity index (χ1v) is 6.05. The summed E-state index contributed by atoms with van der Waals surface area (Å²) in [4.78, 5) is 11.9. The Balaban J connectivity index is 2.43. The van der Waals surface area contributed by atoms with E-state index in [-0.39, 0.29) is 10.0 Å². The molecular weight excluding hydrogens is 275 g/mol. The van der Waals surface area contributed by atoms with Crippen LogP contribution >= 0.6 is 23.2 Å². The van der Waals surface area contributed by atoms with Crippen molar-refractivity contribution in [3.63, 3.8) is 0 Å². The van der Waals surface area contributed by atoms with Gasteiger partial charge in [-0.3, -0.25) is 4.79 Å². The molecule has 0 bridgehead atoms. The molecule has 0 atom stereocenters. The van der Waals surface area contributed by atoms with E-state index in [4.69, 9.17) is 27.9 Å². The maximum Gasteiger partial charge on any atom is 0.291 e. The summed E-state index contributed by atoms with van der Waals surface area (Å²) >= 11 is 11.5. The molecule has 1 aromatic heterocycles. The number of nitrogens with zero attached hydrogens (tertiary/aromatic N) is 2. The smallest absolute Gasteiger partial charge is 0.291 e. The molecule has 0 spiro atoms. The van der Waals surface area contributed by atoms with Crippen LogP contribution in [-0.2, 0) is 0 Å². The summed E-state index contributed by atoms with van der Waals surface area (Å²) < 4.78 is 6.50. The Kier molecular flexibility index (Phi) is 3.89. The lowest BCUT2D eigenvalue weighted by molar-refractivity contribution is 0.340. The highest BCUT2D eigenvalue weighted by Gasteiger charge is 2.08. The zero-order chi connectivity index (χ0) is 13.1. The van der Waals surface area contributed by atoms with Gasteiger partial charge >= 0.3 is 0 Å². The molecule has 0 saturated heterocycles. The molecule has 1 aromatic carbocycles. The van der Waals surface area contributed by atoms with E-state index in [0.717, 1.165) is 5.75 Å². The Labute approximate surface area is 114 Å². The van der Waals surface area contributed by atoms with Gasteiger partial charge in [0.15, 0.2) is 0 Å². The summed E-state index contributed by atoms with van der Waals surface area (Å²) in [5, 5.41) is 4.03. The number of hydrogen-bond donors (Lipinski definition) is 0. The molecule has 0 aliphatic rings. The number of benzene rings is 1. The van der Waals surface area contributed by atoms with Crippen LogP contribution in [0.4, 0.5) is 0 Å². The van der Waals surface area contributed by atoms with E-state index < -0.39 is 5.56 Å². The molecule has 0 fully saturated rings. The van der Waals surface area contributed by atoms with Crippen LogP contribution in [0.1, 0.15) is 6.92 Å². The molecule has 94 valence electrons. The summed E-state index contributed by atoms with van der Waals surface area (Å²) in [6.07, 6.45) is 1.34. The topological polar surface area (TPSA) is 44.1 Å². The van der Waals surface area contributed by atoms with Gasteiger partial charge in [-0.25, -0.2) is 0 Å². The molecular formula is C12H10Cl2N2O2. The summed E-state index contributed by atoms with van der Waals surface area (Å²) in [7, 11) is 0. The van der Waals surface area contributed by atoms with Crippen LogP contribution in [0.15, 0.2) is 35.3 Å². The number of aromatic nitrogens is 2. The van der Waals surface area contributed by atoms with Gasteiger partial charge in [0.2, 0.25) is 0 Å². The maximum absolute atomic E-state index is 11.9. The summed E-state index contributed by atoms with van der Waals surface area (Å²) in [5.41, 5.74) is 0.148. The predicted molar refractivity (Wildman–Crippen MR) is 71.0 cm³/mol. The number of hydrogen-bond acceptors (Lipinski definition) is 3. The van der Waals surface area contributed by atoms with Crippen LogP contribution in [0.2, 0.25) is 10.0 Å². The molecule has 0 N–H and O–H groups in total. The maximum atomic E-state index is 11.9. The van der Waals surface area contributed by atoms with Crippen molar-refractivity contribution in [1.29, 1.82) is 0 Å². The van der Waals surface area contributed by atoms with E-state index in [1.165, 1.54) is 10.9 Å². The quantitative estimate of drug-likeness (QED) is 0.870. The van der Waals surface area contributed by atoms with Gasteiger partial charge in [0.1, 0.15) is 10.8 Å². The second kappa shape index (κ2) is 5.42. The van der Waals surface area contributed by atoms with Crippen LogP contribution in [0.5, 0.6) is 5.75 Å². The Morgan fingerprint density at radius 2 is 1.94 bits per heavy atom. The van der Waals surface area contributed by atoms with Gasteiger partial charge < -0.3 is 4.74 Å². The van der Waals surface area contributed by atoms with Crippen molar-refractivity contribution in [2.75, 3.05) is 6.61 Å². The van der Waals surface area contributed by atoms with Gasteiger partial charge in [-0.1, -0.05) is 23.2 Å². The fourth-order valence-electron chi connectivity index (χ4n) is 1.45. The van der Waals surface area contributed by atoms with Crippen molar-refractivity contribution >= 4 is 23.2 Å². The zero-order valence-electron chi connectivity index (χ0n) is 9.56. The second-order valence-corrected chi connectivity index (χ2v) is 4.24. The minimum Gasteiger partial charge on any atom is -0.494 e. The van der Waals surface area contributed by atoms with E-state index in [2.05, 4.69) is 5.10 Å². The van der Waals surface area contributed by atoms with Crippen LogP contribution < -0.4 is 10.3 Å². The third-order valence-electron chi connectivity index (χ3n) is 2.27. The second-order valence-electron chi connectivity index (χ2n) is 3.45. The Hall–Kier alpha value is -1.52. The first kappa shape index (κ1) is 12.9. The van der Waals surface area contributed by atoms with Crippen molar-refractivity contribution in [3.05, 3.63) is 50.9 Å². The summed E-state index contributed by atoms with van der Waals surface area (Å²) in [6, 6.07) is 6.97. The highest BCUT2D eigenvalue weighted by molar-refractivity contribution is 6.41.